The molecule has 2 aromatic rings. The molecule has 3 N–H and O–H groups in total. The van der Waals surface area contributed by atoms with Crippen molar-refractivity contribution in [1.82, 2.24) is 10.6 Å². The van der Waals surface area contributed by atoms with E-state index in [9.17, 15) is 14.0 Å². The highest BCUT2D eigenvalue weighted by molar-refractivity contribution is 5.74. The maximum Gasteiger partial charge on any atom is 0.315 e. The van der Waals surface area contributed by atoms with Gasteiger partial charge in [0, 0.05) is 19.0 Å². The molecule has 5 nitrogen and oxygen atoms in total. The van der Waals surface area contributed by atoms with Gasteiger partial charge in [0.2, 0.25) is 0 Å². The summed E-state index contributed by atoms with van der Waals surface area (Å²) in [5.74, 6) is -1.19. The predicted octanol–water partition coefficient (Wildman–Crippen LogP) is 3.14. The van der Waals surface area contributed by atoms with Gasteiger partial charge < -0.3 is 15.7 Å². The van der Waals surface area contributed by atoms with Gasteiger partial charge in [-0.1, -0.05) is 48.5 Å². The van der Waals surface area contributed by atoms with Gasteiger partial charge in [0.15, 0.2) is 0 Å². The van der Waals surface area contributed by atoms with Gasteiger partial charge in [-0.3, -0.25) is 4.79 Å². The normalized spacial score (nSPS) is 11.6. The Labute approximate surface area is 152 Å². The first-order valence-corrected chi connectivity index (χ1v) is 8.58. The molecule has 1 unspecified atom stereocenters. The number of urea groups is 1. The quantitative estimate of drug-likeness (QED) is 0.644. The predicted molar refractivity (Wildman–Crippen MR) is 97.4 cm³/mol. The zero-order valence-electron chi connectivity index (χ0n) is 14.5. The first-order chi connectivity index (χ1) is 12.5. The molecule has 0 saturated carbocycles. The third kappa shape index (κ3) is 6.93. The zero-order valence-corrected chi connectivity index (χ0v) is 14.5. The Kier molecular flexibility index (Phi) is 7.61. The van der Waals surface area contributed by atoms with Crippen molar-refractivity contribution in [3.8, 4) is 0 Å². The van der Waals surface area contributed by atoms with Crippen LogP contribution < -0.4 is 10.6 Å². The van der Waals surface area contributed by atoms with Crippen LogP contribution in [0.5, 0.6) is 0 Å². The molecule has 0 spiro atoms. The largest absolute Gasteiger partial charge is 0.481 e. The van der Waals surface area contributed by atoms with Gasteiger partial charge in [0.05, 0.1) is 0 Å². The molecule has 138 valence electrons. The number of carboxylic acid groups (broad SMARTS) is 1. The molecular formula is C20H23FN2O3. The molecule has 0 radical (unpaired) electrons. The lowest BCUT2D eigenvalue weighted by atomic mass is 10.0. The summed E-state index contributed by atoms with van der Waals surface area (Å²) < 4.78 is 13.6. The standard InChI is InChI=1S/C20H23FN2O3/c21-18-9-5-4-8-16(18)12-13-22-20(26)23-17(10-11-19(24)25)14-15-6-2-1-3-7-15/h1-9,17H,10-14H2,(H,24,25)(H2,22,23,26). The van der Waals surface area contributed by atoms with Crippen LogP contribution in [-0.2, 0) is 17.6 Å². The highest BCUT2D eigenvalue weighted by Gasteiger charge is 2.14. The minimum absolute atomic E-state index is 0.0208. The SMILES string of the molecule is O=C(O)CCC(Cc1ccccc1)NC(=O)NCCc1ccccc1F. The van der Waals surface area contributed by atoms with Gasteiger partial charge in [0.1, 0.15) is 5.82 Å². The van der Waals surface area contributed by atoms with E-state index < -0.39 is 5.97 Å². The van der Waals surface area contributed by atoms with E-state index in [0.29, 0.717) is 31.4 Å². The van der Waals surface area contributed by atoms with Gasteiger partial charge in [-0.15, -0.1) is 0 Å². The van der Waals surface area contributed by atoms with Crippen LogP contribution in [0.1, 0.15) is 24.0 Å². The zero-order chi connectivity index (χ0) is 18.8. The summed E-state index contributed by atoms with van der Waals surface area (Å²) in [6, 6.07) is 15.3. The minimum Gasteiger partial charge on any atom is -0.481 e. The monoisotopic (exact) mass is 358 g/mol. The summed E-state index contributed by atoms with van der Waals surface area (Å²) in [5, 5.41) is 14.4. The van der Waals surface area contributed by atoms with E-state index >= 15 is 0 Å². The van der Waals surface area contributed by atoms with E-state index in [1.165, 1.54) is 6.07 Å². The highest BCUT2D eigenvalue weighted by Crippen LogP contribution is 2.08. The number of hydrogen-bond acceptors (Lipinski definition) is 2. The average molecular weight is 358 g/mol. The lowest BCUT2D eigenvalue weighted by molar-refractivity contribution is -0.137. The van der Waals surface area contributed by atoms with Gasteiger partial charge >= 0.3 is 12.0 Å². The lowest BCUT2D eigenvalue weighted by Gasteiger charge is -2.19. The molecule has 0 bridgehead atoms. The second kappa shape index (κ2) is 10.2. The molecule has 0 saturated heterocycles. The molecule has 0 aliphatic carbocycles. The number of nitrogens with one attached hydrogen (secondary N) is 2. The lowest BCUT2D eigenvalue weighted by Crippen LogP contribution is -2.44. The van der Waals surface area contributed by atoms with Crippen LogP contribution in [-0.4, -0.2) is 29.7 Å². The van der Waals surface area contributed by atoms with Gasteiger partial charge in [-0.2, -0.15) is 0 Å². The number of rotatable bonds is 9. The van der Waals surface area contributed by atoms with Crippen LogP contribution in [0.3, 0.4) is 0 Å². The molecule has 0 aliphatic heterocycles. The van der Waals surface area contributed by atoms with E-state index in [0.717, 1.165) is 5.56 Å². The van der Waals surface area contributed by atoms with Gasteiger partial charge in [-0.05, 0) is 36.5 Å². The van der Waals surface area contributed by atoms with E-state index in [1.54, 1.807) is 18.2 Å². The van der Waals surface area contributed by atoms with Crippen molar-refractivity contribution in [2.75, 3.05) is 6.54 Å². The Bertz CT molecular complexity index is 722. The number of carbonyl (C=O) groups excluding carboxylic acids is 1. The summed E-state index contributed by atoms with van der Waals surface area (Å²) in [7, 11) is 0. The van der Waals surface area contributed by atoms with Crippen LogP contribution >= 0.6 is 0 Å². The van der Waals surface area contributed by atoms with Crippen LogP contribution in [0.2, 0.25) is 0 Å². The van der Waals surface area contributed by atoms with E-state index in [-0.39, 0.29) is 24.3 Å². The smallest absolute Gasteiger partial charge is 0.315 e. The Morgan fingerprint density at radius 2 is 1.73 bits per heavy atom. The molecule has 0 aliphatic rings. The Balaban J connectivity index is 1.84. The second-order valence-corrected chi connectivity index (χ2v) is 6.06. The fourth-order valence-corrected chi connectivity index (χ4v) is 2.67. The maximum absolute atomic E-state index is 13.6. The summed E-state index contributed by atoms with van der Waals surface area (Å²) >= 11 is 0. The van der Waals surface area contributed by atoms with Crippen molar-refractivity contribution in [2.45, 2.75) is 31.7 Å². The third-order valence-electron chi connectivity index (χ3n) is 4.00. The molecule has 1 atom stereocenters. The molecule has 2 aromatic carbocycles. The number of halogens is 1. The molecule has 2 rings (SSSR count). The number of aliphatic carboxylic acids is 1. The van der Waals surface area contributed by atoms with Crippen molar-refractivity contribution < 1.29 is 19.1 Å². The first kappa shape index (κ1) is 19.4. The molecule has 2 amide bonds. The van der Waals surface area contributed by atoms with E-state index in [4.69, 9.17) is 5.11 Å². The van der Waals surface area contributed by atoms with Crippen LogP contribution in [0.15, 0.2) is 54.6 Å². The Hall–Kier alpha value is -2.89. The molecule has 26 heavy (non-hydrogen) atoms. The van der Waals surface area contributed by atoms with Crippen LogP contribution in [0.25, 0.3) is 0 Å². The molecular weight excluding hydrogens is 335 g/mol. The van der Waals surface area contributed by atoms with E-state index in [2.05, 4.69) is 10.6 Å². The topological polar surface area (TPSA) is 78.4 Å². The molecule has 0 fully saturated rings. The average Bonchev–Trinajstić information content (AvgIpc) is 2.62. The molecule has 6 heteroatoms. The number of carboxylic acids is 1. The van der Waals surface area contributed by atoms with E-state index in [1.807, 2.05) is 30.3 Å². The Morgan fingerprint density at radius 1 is 1.04 bits per heavy atom. The van der Waals surface area contributed by atoms with Crippen molar-refractivity contribution >= 4 is 12.0 Å². The van der Waals surface area contributed by atoms with Crippen molar-refractivity contribution in [3.05, 3.63) is 71.5 Å². The maximum atomic E-state index is 13.6. The van der Waals surface area contributed by atoms with Crippen molar-refractivity contribution in [2.24, 2.45) is 0 Å². The molecule has 0 heterocycles. The van der Waals surface area contributed by atoms with Gasteiger partial charge in [-0.25, -0.2) is 9.18 Å². The number of hydrogen-bond donors (Lipinski definition) is 3. The number of carbonyl (C=O) groups is 2. The first-order valence-electron chi connectivity index (χ1n) is 8.58. The highest BCUT2D eigenvalue weighted by atomic mass is 19.1. The summed E-state index contributed by atoms with van der Waals surface area (Å²) in [6.45, 7) is 0.295. The van der Waals surface area contributed by atoms with Gasteiger partial charge in [0.25, 0.3) is 0 Å². The fourth-order valence-electron chi connectivity index (χ4n) is 2.67. The van der Waals surface area contributed by atoms with Crippen molar-refractivity contribution in [1.29, 1.82) is 0 Å². The summed E-state index contributed by atoms with van der Waals surface area (Å²) in [6.07, 6.45) is 1.26. The third-order valence-corrected chi connectivity index (χ3v) is 4.00. The van der Waals surface area contributed by atoms with Crippen LogP contribution in [0, 0.1) is 5.82 Å². The fraction of sp³-hybridized carbons (Fsp3) is 0.300. The van der Waals surface area contributed by atoms with Crippen molar-refractivity contribution in [3.63, 3.8) is 0 Å². The summed E-state index contributed by atoms with van der Waals surface area (Å²) in [5.41, 5.74) is 1.56. The minimum atomic E-state index is -0.898. The van der Waals surface area contributed by atoms with Crippen LogP contribution in [0.4, 0.5) is 9.18 Å². The Morgan fingerprint density at radius 3 is 2.42 bits per heavy atom. The molecule has 0 aromatic heterocycles. The summed E-state index contributed by atoms with van der Waals surface area (Å²) in [4.78, 5) is 22.9. The number of benzene rings is 2. The second-order valence-electron chi connectivity index (χ2n) is 6.06. The number of amides is 2.